The Balaban J connectivity index is 1.45. The van der Waals surface area contributed by atoms with Crippen molar-refractivity contribution in [1.82, 2.24) is 14.3 Å². The van der Waals surface area contributed by atoms with Crippen molar-refractivity contribution in [3.63, 3.8) is 0 Å². The number of carbonyl (C=O) groups excluding carboxylic acids is 1. The third-order valence-corrected chi connectivity index (χ3v) is 4.60. The zero-order chi connectivity index (χ0) is 15.6. The molecule has 1 amide bonds. The average Bonchev–Trinajstić information content (AvgIpc) is 3.06. The summed E-state index contributed by atoms with van der Waals surface area (Å²) in [7, 11) is 0. The molecule has 3 heterocycles. The Morgan fingerprint density at radius 1 is 1.00 bits per heavy atom. The third kappa shape index (κ3) is 2.72. The first-order valence-corrected chi connectivity index (χ1v) is 8.09. The van der Waals surface area contributed by atoms with Crippen LogP contribution in [-0.4, -0.2) is 33.3 Å². The van der Waals surface area contributed by atoms with Gasteiger partial charge >= 0.3 is 0 Å². The summed E-state index contributed by atoms with van der Waals surface area (Å²) in [5, 5.41) is 0. The lowest BCUT2D eigenvalue weighted by molar-refractivity contribution is 0.0712. The Morgan fingerprint density at radius 2 is 1.74 bits per heavy atom. The molecule has 0 bridgehead atoms. The number of likely N-dealkylation sites (tertiary alicyclic amines) is 1. The Hall–Kier alpha value is -2.62. The third-order valence-electron chi connectivity index (χ3n) is 4.60. The second-order valence-electron chi connectivity index (χ2n) is 6.06. The lowest BCUT2D eigenvalue weighted by atomic mass is 9.93. The van der Waals surface area contributed by atoms with Crippen molar-refractivity contribution in [2.45, 2.75) is 18.8 Å². The number of benzene rings is 1. The predicted octanol–water partition coefficient (Wildman–Crippen LogP) is 3.35. The molecule has 1 fully saturated rings. The summed E-state index contributed by atoms with van der Waals surface area (Å²) in [6.07, 6.45) is 6.10. The van der Waals surface area contributed by atoms with Crippen LogP contribution < -0.4 is 0 Å². The summed E-state index contributed by atoms with van der Waals surface area (Å²) >= 11 is 0. The van der Waals surface area contributed by atoms with Crippen LogP contribution in [0.15, 0.2) is 60.9 Å². The summed E-state index contributed by atoms with van der Waals surface area (Å²) in [6, 6.07) is 15.6. The molecule has 2 aromatic heterocycles. The Kier molecular flexibility index (Phi) is 3.58. The van der Waals surface area contributed by atoms with Crippen LogP contribution in [0.2, 0.25) is 0 Å². The van der Waals surface area contributed by atoms with Crippen molar-refractivity contribution in [1.29, 1.82) is 0 Å². The van der Waals surface area contributed by atoms with E-state index >= 15 is 0 Å². The molecule has 4 rings (SSSR count). The standard InChI is InChI=1S/C19H19N3O/c23-19(16-6-2-1-3-7-16)21-12-9-15(10-13-21)17-14-22-11-5-4-8-18(22)20-17/h1-8,11,14-15H,9-10,12-13H2. The first-order valence-electron chi connectivity index (χ1n) is 8.09. The number of piperidine rings is 1. The smallest absolute Gasteiger partial charge is 0.253 e. The first kappa shape index (κ1) is 14.0. The second kappa shape index (κ2) is 5.88. The predicted molar refractivity (Wildman–Crippen MR) is 89.5 cm³/mol. The minimum Gasteiger partial charge on any atom is -0.339 e. The van der Waals surface area contributed by atoms with Gasteiger partial charge in [0.15, 0.2) is 0 Å². The Bertz CT molecular complexity index is 784. The van der Waals surface area contributed by atoms with Gasteiger partial charge in [-0.25, -0.2) is 4.98 Å². The molecule has 1 saturated heterocycles. The van der Waals surface area contributed by atoms with Gasteiger partial charge in [0.1, 0.15) is 5.65 Å². The number of pyridine rings is 1. The van der Waals surface area contributed by atoms with E-state index in [0.717, 1.165) is 42.8 Å². The highest BCUT2D eigenvalue weighted by atomic mass is 16.2. The lowest BCUT2D eigenvalue weighted by Crippen LogP contribution is -2.37. The fraction of sp³-hybridized carbons (Fsp3) is 0.263. The molecule has 23 heavy (non-hydrogen) atoms. The Labute approximate surface area is 135 Å². The quantitative estimate of drug-likeness (QED) is 0.728. The molecule has 0 aliphatic carbocycles. The van der Waals surface area contributed by atoms with Gasteiger partial charge in [0.25, 0.3) is 5.91 Å². The minimum atomic E-state index is 0.138. The molecule has 4 heteroatoms. The number of rotatable bonds is 2. The van der Waals surface area contributed by atoms with E-state index in [1.807, 2.05) is 59.6 Å². The van der Waals surface area contributed by atoms with E-state index in [0.29, 0.717) is 5.92 Å². The van der Waals surface area contributed by atoms with Gasteiger partial charge in [-0.1, -0.05) is 24.3 Å². The van der Waals surface area contributed by atoms with E-state index in [1.165, 1.54) is 0 Å². The topological polar surface area (TPSA) is 37.6 Å². The molecular weight excluding hydrogens is 286 g/mol. The number of aromatic nitrogens is 2. The highest BCUT2D eigenvalue weighted by Gasteiger charge is 2.25. The molecule has 0 N–H and O–H groups in total. The van der Waals surface area contributed by atoms with Gasteiger partial charge in [0.2, 0.25) is 0 Å². The molecule has 3 aromatic rings. The van der Waals surface area contributed by atoms with Crippen LogP contribution in [0.5, 0.6) is 0 Å². The second-order valence-corrected chi connectivity index (χ2v) is 6.06. The van der Waals surface area contributed by atoms with Gasteiger partial charge in [-0.15, -0.1) is 0 Å². The van der Waals surface area contributed by atoms with Crippen molar-refractivity contribution >= 4 is 11.6 Å². The molecule has 1 aliphatic rings. The van der Waals surface area contributed by atoms with Crippen molar-refractivity contribution in [3.05, 3.63) is 72.2 Å². The SMILES string of the molecule is O=C(c1ccccc1)N1CCC(c2cn3ccccc3n2)CC1. The van der Waals surface area contributed by atoms with Gasteiger partial charge in [-0.2, -0.15) is 0 Å². The number of carbonyl (C=O) groups is 1. The summed E-state index contributed by atoms with van der Waals surface area (Å²) in [6.45, 7) is 1.60. The summed E-state index contributed by atoms with van der Waals surface area (Å²) in [5.41, 5.74) is 2.91. The summed E-state index contributed by atoms with van der Waals surface area (Å²) < 4.78 is 2.07. The van der Waals surface area contributed by atoms with Crippen LogP contribution in [0.3, 0.4) is 0 Å². The van der Waals surface area contributed by atoms with Crippen LogP contribution >= 0.6 is 0 Å². The van der Waals surface area contributed by atoms with E-state index in [2.05, 4.69) is 10.6 Å². The fourth-order valence-electron chi connectivity index (χ4n) is 3.29. The summed E-state index contributed by atoms with van der Waals surface area (Å²) in [4.78, 5) is 19.2. The van der Waals surface area contributed by atoms with Gasteiger partial charge in [-0.3, -0.25) is 4.79 Å². The number of imidazole rings is 1. The largest absolute Gasteiger partial charge is 0.339 e. The van der Waals surface area contributed by atoms with E-state index < -0.39 is 0 Å². The number of nitrogens with zero attached hydrogens (tertiary/aromatic N) is 3. The highest BCUT2D eigenvalue weighted by molar-refractivity contribution is 5.94. The number of hydrogen-bond acceptors (Lipinski definition) is 2. The van der Waals surface area contributed by atoms with Crippen LogP contribution in [0.25, 0.3) is 5.65 Å². The maximum Gasteiger partial charge on any atom is 0.253 e. The molecule has 0 unspecified atom stereocenters. The van der Waals surface area contributed by atoms with Crippen molar-refractivity contribution in [2.75, 3.05) is 13.1 Å². The van der Waals surface area contributed by atoms with Crippen LogP contribution in [-0.2, 0) is 0 Å². The summed E-state index contributed by atoms with van der Waals surface area (Å²) in [5.74, 6) is 0.578. The van der Waals surface area contributed by atoms with Gasteiger partial charge in [0.05, 0.1) is 5.69 Å². The highest BCUT2D eigenvalue weighted by Crippen LogP contribution is 2.28. The number of amides is 1. The molecule has 0 atom stereocenters. The van der Waals surface area contributed by atoms with Crippen molar-refractivity contribution in [3.8, 4) is 0 Å². The molecule has 1 aliphatic heterocycles. The van der Waals surface area contributed by atoms with E-state index in [-0.39, 0.29) is 5.91 Å². The molecule has 0 radical (unpaired) electrons. The molecule has 116 valence electrons. The zero-order valence-corrected chi connectivity index (χ0v) is 12.9. The minimum absolute atomic E-state index is 0.138. The normalized spacial score (nSPS) is 15.9. The van der Waals surface area contributed by atoms with Crippen molar-refractivity contribution < 1.29 is 4.79 Å². The van der Waals surface area contributed by atoms with Gasteiger partial charge in [0, 0.05) is 37.0 Å². The first-order chi connectivity index (χ1) is 11.3. The van der Waals surface area contributed by atoms with Crippen LogP contribution in [0.1, 0.15) is 34.8 Å². The van der Waals surface area contributed by atoms with Crippen LogP contribution in [0, 0.1) is 0 Å². The van der Waals surface area contributed by atoms with Gasteiger partial charge in [-0.05, 0) is 37.1 Å². The molecular formula is C19H19N3O. The van der Waals surface area contributed by atoms with E-state index in [1.54, 1.807) is 0 Å². The molecule has 0 saturated carbocycles. The lowest BCUT2D eigenvalue weighted by Gasteiger charge is -2.31. The molecule has 1 aromatic carbocycles. The number of fused-ring (bicyclic) bond motifs is 1. The monoisotopic (exact) mass is 305 g/mol. The maximum atomic E-state index is 12.5. The molecule has 0 spiro atoms. The maximum absolute atomic E-state index is 12.5. The molecule has 4 nitrogen and oxygen atoms in total. The fourth-order valence-corrected chi connectivity index (χ4v) is 3.29. The van der Waals surface area contributed by atoms with E-state index in [4.69, 9.17) is 4.98 Å². The van der Waals surface area contributed by atoms with Gasteiger partial charge < -0.3 is 9.30 Å². The van der Waals surface area contributed by atoms with E-state index in [9.17, 15) is 4.79 Å². The van der Waals surface area contributed by atoms with Crippen LogP contribution in [0.4, 0.5) is 0 Å². The average molecular weight is 305 g/mol. The zero-order valence-electron chi connectivity index (χ0n) is 12.9. The Morgan fingerprint density at radius 3 is 2.48 bits per heavy atom. The number of hydrogen-bond donors (Lipinski definition) is 0. The van der Waals surface area contributed by atoms with Crippen molar-refractivity contribution in [2.24, 2.45) is 0 Å².